The monoisotopic (exact) mass is 152 g/mol. The molecule has 1 fully saturated rings. The highest BCUT2D eigenvalue weighted by molar-refractivity contribution is 5.85. The Morgan fingerprint density at radius 2 is 2.55 bits per heavy atom. The molecule has 4 heteroatoms. The van der Waals surface area contributed by atoms with Gasteiger partial charge < -0.3 is 9.72 Å². The molecule has 0 aliphatic heterocycles. The van der Waals surface area contributed by atoms with E-state index in [0.29, 0.717) is 0 Å². The number of hydrogen-bond donors (Lipinski definition) is 1. The first-order chi connectivity index (χ1) is 5.36. The number of carbonyl (C=O) groups is 1. The van der Waals surface area contributed by atoms with E-state index >= 15 is 0 Å². The van der Waals surface area contributed by atoms with Gasteiger partial charge in [-0.3, -0.25) is 0 Å². The van der Waals surface area contributed by atoms with Crippen molar-refractivity contribution in [2.24, 2.45) is 0 Å². The van der Waals surface area contributed by atoms with Gasteiger partial charge in [-0.15, -0.1) is 0 Å². The number of rotatable bonds is 2. The second-order valence-electron chi connectivity index (χ2n) is 2.54. The predicted molar refractivity (Wildman–Crippen MR) is 37.0 cm³/mol. The van der Waals surface area contributed by atoms with Crippen molar-refractivity contribution in [3.63, 3.8) is 0 Å². The van der Waals surface area contributed by atoms with Gasteiger partial charge in [0.05, 0.1) is 0 Å². The van der Waals surface area contributed by atoms with E-state index in [-0.39, 0.29) is 17.9 Å². The van der Waals surface area contributed by atoms with Gasteiger partial charge in [0.1, 0.15) is 6.10 Å². The van der Waals surface area contributed by atoms with Crippen LogP contribution in [0.5, 0.6) is 0 Å². The molecule has 58 valence electrons. The third-order valence-electron chi connectivity index (χ3n) is 1.49. The fourth-order valence-electron chi connectivity index (χ4n) is 0.770. The Labute approximate surface area is 63.6 Å². The third kappa shape index (κ3) is 1.39. The number of carbonyl (C=O) groups excluding carboxylic acids is 1. The summed E-state index contributed by atoms with van der Waals surface area (Å²) in [4.78, 5) is 17.5. The van der Waals surface area contributed by atoms with Gasteiger partial charge in [-0.1, -0.05) is 0 Å². The fraction of sp³-hybridized carbons (Fsp3) is 0.429. The van der Waals surface area contributed by atoms with Crippen molar-refractivity contribution in [3.05, 3.63) is 18.2 Å². The zero-order valence-electron chi connectivity index (χ0n) is 5.91. The van der Waals surface area contributed by atoms with Crippen molar-refractivity contribution in [1.82, 2.24) is 9.97 Å². The molecule has 0 bridgehead atoms. The Morgan fingerprint density at radius 3 is 3.09 bits per heavy atom. The average molecular weight is 152 g/mol. The van der Waals surface area contributed by atoms with E-state index in [0.717, 1.165) is 12.8 Å². The average Bonchev–Trinajstić information content (AvgIpc) is 2.67. The summed E-state index contributed by atoms with van der Waals surface area (Å²) in [5.41, 5.74) is 0. The van der Waals surface area contributed by atoms with Gasteiger partial charge in [0.2, 0.25) is 5.82 Å². The summed E-state index contributed by atoms with van der Waals surface area (Å²) in [5.74, 6) is -0.0607. The van der Waals surface area contributed by atoms with Crippen molar-refractivity contribution in [3.8, 4) is 0 Å². The highest BCUT2D eigenvalue weighted by atomic mass is 16.5. The molecule has 0 unspecified atom stereocenters. The number of aromatic amines is 1. The SMILES string of the molecule is O=C(OC1CC1)c1ncc[nH]1. The Hall–Kier alpha value is -1.32. The molecular formula is C7H8N2O2. The Morgan fingerprint density at radius 1 is 1.73 bits per heavy atom. The lowest BCUT2D eigenvalue weighted by Gasteiger charge is -1.97. The number of ether oxygens (including phenoxy) is 1. The molecule has 0 saturated heterocycles. The molecule has 0 spiro atoms. The van der Waals surface area contributed by atoms with E-state index in [1.165, 1.54) is 6.20 Å². The third-order valence-corrected chi connectivity index (χ3v) is 1.49. The minimum Gasteiger partial charge on any atom is -0.457 e. The molecule has 0 radical (unpaired) electrons. The van der Waals surface area contributed by atoms with Gasteiger partial charge in [0.15, 0.2) is 0 Å². The quantitative estimate of drug-likeness (QED) is 0.635. The first kappa shape index (κ1) is 6.39. The van der Waals surface area contributed by atoms with Crippen molar-refractivity contribution < 1.29 is 9.53 Å². The van der Waals surface area contributed by atoms with Gasteiger partial charge in [-0.2, -0.15) is 0 Å². The van der Waals surface area contributed by atoms with E-state index in [1.54, 1.807) is 6.20 Å². The number of aromatic nitrogens is 2. The smallest absolute Gasteiger partial charge is 0.374 e. The van der Waals surface area contributed by atoms with Crippen molar-refractivity contribution in [1.29, 1.82) is 0 Å². The molecular weight excluding hydrogens is 144 g/mol. The minimum atomic E-state index is -0.350. The van der Waals surface area contributed by atoms with Crippen LogP contribution in [0.2, 0.25) is 0 Å². The van der Waals surface area contributed by atoms with Crippen LogP contribution >= 0.6 is 0 Å². The molecule has 1 aliphatic rings. The van der Waals surface area contributed by atoms with Crippen molar-refractivity contribution in [2.75, 3.05) is 0 Å². The molecule has 11 heavy (non-hydrogen) atoms. The van der Waals surface area contributed by atoms with Gasteiger partial charge in [0.25, 0.3) is 0 Å². The van der Waals surface area contributed by atoms with Crippen LogP contribution in [0.25, 0.3) is 0 Å². The molecule has 0 amide bonds. The lowest BCUT2D eigenvalue weighted by atomic mass is 10.6. The van der Waals surface area contributed by atoms with Gasteiger partial charge in [-0.25, -0.2) is 9.78 Å². The van der Waals surface area contributed by atoms with Crippen LogP contribution < -0.4 is 0 Å². The second-order valence-corrected chi connectivity index (χ2v) is 2.54. The van der Waals surface area contributed by atoms with Crippen LogP contribution in [-0.4, -0.2) is 22.0 Å². The maximum Gasteiger partial charge on any atom is 0.374 e. The predicted octanol–water partition coefficient (Wildman–Crippen LogP) is 0.729. The van der Waals surface area contributed by atoms with Crippen molar-refractivity contribution in [2.45, 2.75) is 18.9 Å². The Balaban J connectivity index is 1.99. The van der Waals surface area contributed by atoms with Gasteiger partial charge in [0, 0.05) is 12.4 Å². The van der Waals surface area contributed by atoms with Crippen LogP contribution in [-0.2, 0) is 4.74 Å². The first-order valence-corrected chi connectivity index (χ1v) is 3.56. The maximum absolute atomic E-state index is 11.0. The van der Waals surface area contributed by atoms with Crippen LogP contribution in [0.4, 0.5) is 0 Å². The molecule has 0 aromatic carbocycles. The summed E-state index contributed by atoms with van der Waals surface area (Å²) in [5, 5.41) is 0. The van der Waals surface area contributed by atoms with E-state index < -0.39 is 0 Å². The standard InChI is InChI=1S/C7H8N2O2/c10-7(11-5-1-2-5)6-8-3-4-9-6/h3-5H,1-2H2,(H,8,9). The molecule has 1 heterocycles. The maximum atomic E-state index is 11.0. The zero-order valence-corrected chi connectivity index (χ0v) is 5.91. The highest BCUT2D eigenvalue weighted by Gasteiger charge is 2.27. The number of H-pyrrole nitrogens is 1. The topological polar surface area (TPSA) is 55.0 Å². The van der Waals surface area contributed by atoms with E-state index in [9.17, 15) is 4.79 Å². The first-order valence-electron chi connectivity index (χ1n) is 3.56. The summed E-state index contributed by atoms with van der Waals surface area (Å²) < 4.78 is 4.97. The van der Waals surface area contributed by atoms with Gasteiger partial charge in [-0.05, 0) is 12.8 Å². The summed E-state index contributed by atoms with van der Waals surface area (Å²) >= 11 is 0. The molecule has 1 saturated carbocycles. The van der Waals surface area contributed by atoms with Crippen LogP contribution in [0.3, 0.4) is 0 Å². The lowest BCUT2D eigenvalue weighted by molar-refractivity contribution is 0.0459. The largest absolute Gasteiger partial charge is 0.457 e. The van der Waals surface area contributed by atoms with Gasteiger partial charge >= 0.3 is 5.97 Å². The van der Waals surface area contributed by atoms with Crippen LogP contribution in [0.1, 0.15) is 23.5 Å². The number of imidazole rings is 1. The highest BCUT2D eigenvalue weighted by Crippen LogP contribution is 2.24. The summed E-state index contributed by atoms with van der Waals surface area (Å²) in [6.45, 7) is 0. The number of nitrogens with zero attached hydrogens (tertiary/aromatic N) is 1. The molecule has 2 rings (SSSR count). The molecule has 1 aromatic rings. The number of hydrogen-bond acceptors (Lipinski definition) is 3. The van der Waals surface area contributed by atoms with Crippen molar-refractivity contribution >= 4 is 5.97 Å². The Kier molecular flexibility index (Phi) is 1.38. The molecule has 1 aliphatic carbocycles. The minimum absolute atomic E-state index is 0.146. The van der Waals surface area contributed by atoms with Crippen LogP contribution in [0, 0.1) is 0 Å². The molecule has 0 atom stereocenters. The normalized spacial score (nSPS) is 16.4. The second kappa shape index (κ2) is 2.38. The van der Waals surface area contributed by atoms with E-state index in [2.05, 4.69) is 9.97 Å². The number of nitrogens with one attached hydrogen (secondary N) is 1. The van der Waals surface area contributed by atoms with E-state index in [4.69, 9.17) is 4.74 Å². The molecule has 4 nitrogen and oxygen atoms in total. The lowest BCUT2D eigenvalue weighted by Crippen LogP contribution is -2.08. The van der Waals surface area contributed by atoms with Crippen LogP contribution in [0.15, 0.2) is 12.4 Å². The number of esters is 1. The molecule has 1 N–H and O–H groups in total. The zero-order chi connectivity index (χ0) is 7.68. The summed E-state index contributed by atoms with van der Waals surface area (Å²) in [7, 11) is 0. The Bertz CT molecular complexity index is 251. The fourth-order valence-corrected chi connectivity index (χ4v) is 0.770. The molecule has 1 aromatic heterocycles. The van der Waals surface area contributed by atoms with E-state index in [1.807, 2.05) is 0 Å². The summed E-state index contributed by atoms with van der Waals surface area (Å²) in [6, 6.07) is 0. The summed E-state index contributed by atoms with van der Waals surface area (Å²) in [6.07, 6.45) is 5.26.